The number of rotatable bonds is 9. The molecule has 6 nitrogen and oxygen atoms in total. The highest BCUT2D eigenvalue weighted by Gasteiger charge is 2.27. The molecule has 1 aliphatic carbocycles. The van der Waals surface area contributed by atoms with E-state index in [-0.39, 0.29) is 11.9 Å². The largest absolute Gasteiger partial charge is 0.493 e. The summed E-state index contributed by atoms with van der Waals surface area (Å²) in [4.78, 5) is 26.1. The standard InChI is InChI=1S/C22H27NO5S/c1-3-27-22(25)20-15-9-4-7-12-18(15)29-21(20)23-19(24)13-8-14-28-17-11-6-5-10-16(17)26-2/h5-6,10-11H,3-4,7-9,12-14H2,1-2H3,(H,23,24). The zero-order chi connectivity index (χ0) is 20.6. The van der Waals surface area contributed by atoms with Crippen molar-refractivity contribution >= 4 is 28.2 Å². The molecule has 0 saturated carbocycles. The van der Waals surface area contributed by atoms with Crippen molar-refractivity contribution in [2.75, 3.05) is 25.6 Å². The summed E-state index contributed by atoms with van der Waals surface area (Å²) in [6.45, 7) is 2.51. The molecule has 0 aliphatic heterocycles. The highest BCUT2D eigenvalue weighted by atomic mass is 32.1. The summed E-state index contributed by atoms with van der Waals surface area (Å²) in [6, 6.07) is 7.42. The Bertz CT molecular complexity index is 861. The molecule has 156 valence electrons. The van der Waals surface area contributed by atoms with Gasteiger partial charge in [-0.25, -0.2) is 4.79 Å². The third kappa shape index (κ3) is 5.29. The van der Waals surface area contributed by atoms with Gasteiger partial charge < -0.3 is 19.5 Å². The van der Waals surface area contributed by atoms with Crippen molar-refractivity contribution in [2.24, 2.45) is 0 Å². The minimum atomic E-state index is -0.346. The van der Waals surface area contributed by atoms with E-state index >= 15 is 0 Å². The van der Waals surface area contributed by atoms with Gasteiger partial charge in [0, 0.05) is 11.3 Å². The molecule has 0 saturated heterocycles. The summed E-state index contributed by atoms with van der Waals surface area (Å²) >= 11 is 1.50. The van der Waals surface area contributed by atoms with Crippen molar-refractivity contribution < 1.29 is 23.8 Å². The number of carbonyl (C=O) groups excluding carboxylic acids is 2. The number of carbonyl (C=O) groups is 2. The van der Waals surface area contributed by atoms with Gasteiger partial charge in [0.1, 0.15) is 5.00 Å². The lowest BCUT2D eigenvalue weighted by Gasteiger charge is -2.12. The van der Waals surface area contributed by atoms with Gasteiger partial charge in [-0.1, -0.05) is 12.1 Å². The fourth-order valence-corrected chi connectivity index (χ4v) is 4.71. The van der Waals surface area contributed by atoms with Gasteiger partial charge in [0.2, 0.25) is 5.91 Å². The maximum Gasteiger partial charge on any atom is 0.341 e. The number of ether oxygens (including phenoxy) is 3. The third-order valence-corrected chi connectivity index (χ3v) is 5.99. The third-order valence-electron chi connectivity index (χ3n) is 4.78. The second-order valence-electron chi connectivity index (χ2n) is 6.79. The number of hydrogen-bond acceptors (Lipinski definition) is 6. The van der Waals surface area contributed by atoms with Crippen molar-refractivity contribution in [3.05, 3.63) is 40.3 Å². The Kier molecular flexibility index (Phi) is 7.52. The Morgan fingerprint density at radius 2 is 1.90 bits per heavy atom. The Morgan fingerprint density at radius 3 is 2.66 bits per heavy atom. The second-order valence-corrected chi connectivity index (χ2v) is 7.89. The maximum absolute atomic E-state index is 12.5. The second kappa shape index (κ2) is 10.3. The van der Waals surface area contributed by atoms with Crippen molar-refractivity contribution in [3.63, 3.8) is 0 Å². The van der Waals surface area contributed by atoms with Crippen molar-refractivity contribution in [1.29, 1.82) is 0 Å². The number of methoxy groups -OCH3 is 1. The molecular weight excluding hydrogens is 390 g/mol. The number of anilines is 1. The van der Waals surface area contributed by atoms with Crippen LogP contribution < -0.4 is 14.8 Å². The van der Waals surface area contributed by atoms with Gasteiger partial charge in [0.05, 0.1) is 25.9 Å². The maximum atomic E-state index is 12.5. The van der Waals surface area contributed by atoms with E-state index in [1.54, 1.807) is 14.0 Å². The summed E-state index contributed by atoms with van der Waals surface area (Å²) in [7, 11) is 1.59. The highest BCUT2D eigenvalue weighted by molar-refractivity contribution is 7.17. The number of fused-ring (bicyclic) bond motifs is 1. The summed E-state index contributed by atoms with van der Waals surface area (Å²) in [6.07, 6.45) is 4.86. The molecule has 0 unspecified atom stereocenters. The normalized spacial score (nSPS) is 12.8. The van der Waals surface area contributed by atoms with Crippen LogP contribution in [0.15, 0.2) is 24.3 Å². The average molecular weight is 418 g/mol. The van der Waals surface area contributed by atoms with Crippen LogP contribution in [-0.4, -0.2) is 32.2 Å². The fourth-order valence-electron chi connectivity index (χ4n) is 3.42. The summed E-state index contributed by atoms with van der Waals surface area (Å²) < 4.78 is 16.2. The van der Waals surface area contributed by atoms with Crippen LogP contribution in [0.25, 0.3) is 0 Å². The van der Waals surface area contributed by atoms with Gasteiger partial charge in [0.15, 0.2) is 11.5 Å². The van der Waals surface area contributed by atoms with Gasteiger partial charge in [0.25, 0.3) is 0 Å². The number of nitrogens with one attached hydrogen (secondary N) is 1. The minimum absolute atomic E-state index is 0.127. The van der Waals surface area contributed by atoms with E-state index in [1.165, 1.54) is 16.2 Å². The SMILES string of the molecule is CCOC(=O)c1c(NC(=O)CCCOc2ccccc2OC)sc2c1CCCC2. The summed E-state index contributed by atoms with van der Waals surface area (Å²) in [5.74, 6) is 0.852. The first-order valence-electron chi connectivity index (χ1n) is 10.0. The zero-order valence-electron chi connectivity index (χ0n) is 16.9. The monoisotopic (exact) mass is 417 g/mol. The van der Waals surface area contributed by atoms with Crippen LogP contribution in [0.4, 0.5) is 5.00 Å². The first-order chi connectivity index (χ1) is 14.1. The predicted molar refractivity (Wildman–Crippen MR) is 113 cm³/mol. The van der Waals surface area contributed by atoms with E-state index < -0.39 is 0 Å². The molecule has 3 rings (SSSR count). The zero-order valence-corrected chi connectivity index (χ0v) is 17.7. The molecule has 1 aromatic heterocycles. The van der Waals surface area contributed by atoms with E-state index in [0.717, 1.165) is 31.2 Å². The number of thiophene rings is 1. The Labute approximate surface area is 175 Å². The van der Waals surface area contributed by atoms with E-state index in [2.05, 4.69) is 5.32 Å². The number of benzene rings is 1. The molecule has 0 spiro atoms. The lowest BCUT2D eigenvalue weighted by atomic mass is 9.95. The van der Waals surface area contributed by atoms with Gasteiger partial charge in [-0.2, -0.15) is 0 Å². The van der Waals surface area contributed by atoms with E-state index in [0.29, 0.717) is 48.1 Å². The minimum Gasteiger partial charge on any atom is -0.493 e. The van der Waals surface area contributed by atoms with Crippen LogP contribution in [-0.2, 0) is 22.4 Å². The molecule has 0 radical (unpaired) electrons. The number of para-hydroxylation sites is 2. The van der Waals surface area contributed by atoms with Gasteiger partial charge in [-0.15, -0.1) is 11.3 Å². The first kappa shape index (κ1) is 21.2. The van der Waals surface area contributed by atoms with Crippen LogP contribution in [0.5, 0.6) is 11.5 Å². The van der Waals surface area contributed by atoms with Gasteiger partial charge in [-0.3, -0.25) is 4.79 Å². The lowest BCUT2D eigenvalue weighted by Crippen LogP contribution is -2.16. The van der Waals surface area contributed by atoms with Crippen LogP contribution in [0.1, 0.15) is 53.4 Å². The van der Waals surface area contributed by atoms with Crippen molar-refractivity contribution in [3.8, 4) is 11.5 Å². The first-order valence-corrected chi connectivity index (χ1v) is 10.8. The fraction of sp³-hybridized carbons (Fsp3) is 0.455. The Morgan fingerprint density at radius 1 is 1.14 bits per heavy atom. The molecule has 1 heterocycles. The molecule has 0 atom stereocenters. The smallest absolute Gasteiger partial charge is 0.341 e. The molecule has 1 aromatic carbocycles. The predicted octanol–water partition coefficient (Wildman–Crippen LogP) is 4.61. The summed E-state index contributed by atoms with van der Waals surface area (Å²) in [5, 5.41) is 3.54. The average Bonchev–Trinajstić information content (AvgIpc) is 3.09. The van der Waals surface area contributed by atoms with Crippen LogP contribution in [0.3, 0.4) is 0 Å². The van der Waals surface area contributed by atoms with E-state index in [9.17, 15) is 9.59 Å². The number of aryl methyl sites for hydroxylation is 1. The van der Waals surface area contributed by atoms with Crippen molar-refractivity contribution in [2.45, 2.75) is 45.4 Å². The van der Waals surface area contributed by atoms with Crippen LogP contribution in [0.2, 0.25) is 0 Å². The molecule has 0 bridgehead atoms. The Balaban J connectivity index is 1.57. The van der Waals surface area contributed by atoms with E-state index in [4.69, 9.17) is 14.2 Å². The van der Waals surface area contributed by atoms with Crippen LogP contribution in [0, 0.1) is 0 Å². The topological polar surface area (TPSA) is 73.9 Å². The van der Waals surface area contributed by atoms with Gasteiger partial charge in [-0.05, 0) is 56.7 Å². The number of esters is 1. The molecular formula is C22H27NO5S. The summed E-state index contributed by atoms with van der Waals surface area (Å²) in [5.41, 5.74) is 1.60. The number of amides is 1. The molecule has 0 fully saturated rings. The molecule has 1 aliphatic rings. The molecule has 1 N–H and O–H groups in total. The quantitative estimate of drug-likeness (QED) is 0.476. The molecule has 7 heteroatoms. The van der Waals surface area contributed by atoms with Gasteiger partial charge >= 0.3 is 5.97 Å². The molecule has 2 aromatic rings. The lowest BCUT2D eigenvalue weighted by molar-refractivity contribution is -0.116. The Hall–Kier alpha value is -2.54. The van der Waals surface area contributed by atoms with E-state index in [1.807, 2.05) is 24.3 Å². The molecule has 29 heavy (non-hydrogen) atoms. The number of hydrogen-bond donors (Lipinski definition) is 1. The molecule has 1 amide bonds. The van der Waals surface area contributed by atoms with Crippen LogP contribution >= 0.6 is 11.3 Å². The van der Waals surface area contributed by atoms with Crippen molar-refractivity contribution in [1.82, 2.24) is 0 Å². The highest BCUT2D eigenvalue weighted by Crippen LogP contribution is 2.38.